The number of carbonyl (C=O) groups excluding carboxylic acids is 3. The van der Waals surface area contributed by atoms with Crippen LogP contribution >= 0.6 is 30.8 Å². The molecule has 1 aliphatic rings. The molecule has 16 nitrogen and oxygen atoms in total. The van der Waals surface area contributed by atoms with Gasteiger partial charge in [-0.3, -0.25) is 18.9 Å². The minimum atomic E-state index is -4.22. The number of hydrogen-bond donors (Lipinski definition) is 0. The summed E-state index contributed by atoms with van der Waals surface area (Å²) in [5, 5.41) is 2.43. The molecule has 0 bridgehead atoms. The summed E-state index contributed by atoms with van der Waals surface area (Å²) in [6.07, 6.45) is -3.61. The molecule has 2 aromatic rings. The van der Waals surface area contributed by atoms with E-state index in [1.165, 1.54) is 18.0 Å². The monoisotopic (exact) mass is 670 g/mol. The minimum absolute atomic E-state index is 0.0112. The fourth-order valence-corrected chi connectivity index (χ4v) is 6.78. The number of fused-ring (bicyclic) bond motifs is 1. The number of rotatable bonds is 15. The van der Waals surface area contributed by atoms with Gasteiger partial charge in [0.2, 0.25) is 10.6 Å². The second-order valence-corrected chi connectivity index (χ2v) is 12.1. The normalized spacial score (nSPS) is 21.9. The van der Waals surface area contributed by atoms with Gasteiger partial charge in [0, 0.05) is 27.9 Å². The highest BCUT2D eigenvalue weighted by atomic mass is 35.5. The van der Waals surface area contributed by atoms with Crippen LogP contribution in [0.5, 0.6) is 0 Å². The van der Waals surface area contributed by atoms with Crippen molar-refractivity contribution in [1.82, 2.24) is 19.7 Å². The van der Waals surface area contributed by atoms with Gasteiger partial charge in [-0.25, -0.2) is 9.67 Å². The second-order valence-electron chi connectivity index (χ2n) is 9.13. The third-order valence-electron chi connectivity index (χ3n) is 5.99. The van der Waals surface area contributed by atoms with Crippen LogP contribution in [0.3, 0.4) is 0 Å². The van der Waals surface area contributed by atoms with Gasteiger partial charge < -0.3 is 37.5 Å². The number of methoxy groups -OCH3 is 1. The lowest BCUT2D eigenvalue weighted by atomic mass is 10.1. The van der Waals surface area contributed by atoms with Crippen molar-refractivity contribution in [2.45, 2.75) is 64.5 Å². The average molecular weight is 671 g/mol. The van der Waals surface area contributed by atoms with Gasteiger partial charge in [0.25, 0.3) is 0 Å². The van der Waals surface area contributed by atoms with Crippen LogP contribution in [0.25, 0.3) is 11.0 Å². The second kappa shape index (κ2) is 15.0. The number of aromatic nitrogens is 4. The van der Waals surface area contributed by atoms with E-state index in [0.717, 1.165) is 20.8 Å². The van der Waals surface area contributed by atoms with Crippen LogP contribution in [0, 0.1) is 0 Å². The predicted octanol–water partition coefficient (Wildman–Crippen LogP) is 3.08. The molecule has 1 unspecified atom stereocenters. The summed E-state index contributed by atoms with van der Waals surface area (Å²) < 4.78 is 60.4. The van der Waals surface area contributed by atoms with Crippen molar-refractivity contribution in [3.63, 3.8) is 0 Å². The lowest BCUT2D eigenvalue weighted by molar-refractivity contribution is -0.168. The summed E-state index contributed by atoms with van der Waals surface area (Å²) in [5.74, 6) is -2.15. The molecule has 0 radical (unpaired) electrons. The van der Waals surface area contributed by atoms with Gasteiger partial charge in [0.05, 0.1) is 38.0 Å². The van der Waals surface area contributed by atoms with E-state index in [4.69, 9.17) is 60.7 Å². The van der Waals surface area contributed by atoms with Crippen molar-refractivity contribution in [1.29, 1.82) is 0 Å². The molecular weight excluding hydrogens is 638 g/mol. The molecule has 2 aromatic heterocycles. The molecule has 0 aromatic carbocycles. The summed E-state index contributed by atoms with van der Waals surface area (Å²) in [7, 11) is -2.90. The Hall–Kier alpha value is -2.43. The molecule has 43 heavy (non-hydrogen) atoms. The minimum Gasteiger partial charge on any atom is -0.462 e. The van der Waals surface area contributed by atoms with Crippen LogP contribution in [-0.4, -0.2) is 101 Å². The average Bonchev–Trinajstić information content (AvgIpc) is 3.46. The Morgan fingerprint density at radius 1 is 1.00 bits per heavy atom. The summed E-state index contributed by atoms with van der Waals surface area (Å²) in [6, 6.07) is 0. The van der Waals surface area contributed by atoms with E-state index in [9.17, 15) is 18.9 Å². The zero-order valence-electron chi connectivity index (χ0n) is 24.3. The molecule has 1 saturated heterocycles. The number of esters is 3. The van der Waals surface area contributed by atoms with Gasteiger partial charge >= 0.3 is 25.5 Å². The molecule has 1 aliphatic heterocycles. The first-order chi connectivity index (χ1) is 20.3. The summed E-state index contributed by atoms with van der Waals surface area (Å²) in [4.78, 5) is 44.2. The maximum absolute atomic E-state index is 14.1. The number of halogens is 2. The lowest BCUT2D eigenvalue weighted by Crippen LogP contribution is -2.47. The van der Waals surface area contributed by atoms with Crippen LogP contribution in [0.4, 0.5) is 0 Å². The fraction of sp³-hybridized carbons (Fsp3) is 0.667. The highest BCUT2D eigenvalue weighted by molar-refractivity contribution is 7.55. The SMILES string of the molecule is CCOP(=O)(OCC)C(COC)(COC(C)=O)OC[C@H]1O[C@@H](n2ncc3c(Cl)nc(Cl)nc32)[C@H](OC(C)=O)[C@@H]1OC(C)=O. The van der Waals surface area contributed by atoms with Crippen LogP contribution in [0.1, 0.15) is 40.8 Å². The molecule has 0 amide bonds. The Balaban J connectivity index is 2.08. The summed E-state index contributed by atoms with van der Waals surface area (Å²) >= 11 is 12.2. The first kappa shape index (κ1) is 35.1. The highest BCUT2D eigenvalue weighted by Crippen LogP contribution is 2.61. The van der Waals surface area contributed by atoms with Crippen molar-refractivity contribution in [2.75, 3.05) is 40.1 Å². The van der Waals surface area contributed by atoms with E-state index in [2.05, 4.69) is 15.1 Å². The molecule has 0 aliphatic carbocycles. The number of ether oxygens (including phenoxy) is 6. The third-order valence-corrected chi connectivity index (χ3v) is 9.03. The summed E-state index contributed by atoms with van der Waals surface area (Å²) in [6.45, 7) is 5.10. The van der Waals surface area contributed by atoms with Gasteiger partial charge in [-0.1, -0.05) is 11.6 Å². The van der Waals surface area contributed by atoms with Gasteiger partial charge in [-0.2, -0.15) is 10.1 Å². The molecule has 0 spiro atoms. The van der Waals surface area contributed by atoms with Crippen LogP contribution in [-0.2, 0) is 56.4 Å². The van der Waals surface area contributed by atoms with E-state index in [1.54, 1.807) is 13.8 Å². The molecular formula is C24H33Cl2N4O12P. The van der Waals surface area contributed by atoms with Crippen molar-refractivity contribution < 1.29 is 56.4 Å². The quantitative estimate of drug-likeness (QED) is 0.0884. The molecule has 3 heterocycles. The van der Waals surface area contributed by atoms with Gasteiger partial charge in [0.15, 0.2) is 24.1 Å². The largest absolute Gasteiger partial charge is 0.462 e. The first-order valence-corrected chi connectivity index (χ1v) is 15.3. The predicted molar refractivity (Wildman–Crippen MR) is 148 cm³/mol. The van der Waals surface area contributed by atoms with E-state index in [0.29, 0.717) is 5.39 Å². The Morgan fingerprint density at radius 2 is 1.63 bits per heavy atom. The Morgan fingerprint density at radius 3 is 2.19 bits per heavy atom. The molecule has 1 fully saturated rings. The smallest absolute Gasteiger partial charge is 0.368 e. The van der Waals surface area contributed by atoms with E-state index in [1.807, 2.05) is 0 Å². The number of nitrogens with zero attached hydrogens (tertiary/aromatic N) is 4. The maximum Gasteiger partial charge on any atom is 0.368 e. The van der Waals surface area contributed by atoms with Crippen molar-refractivity contribution in [3.05, 3.63) is 16.6 Å². The van der Waals surface area contributed by atoms with Crippen LogP contribution < -0.4 is 0 Å². The Kier molecular flexibility index (Phi) is 12.3. The summed E-state index contributed by atoms with van der Waals surface area (Å²) in [5.41, 5.74) is 0.135. The van der Waals surface area contributed by atoms with Gasteiger partial charge in [0.1, 0.15) is 17.9 Å². The van der Waals surface area contributed by atoms with E-state index < -0.39 is 75.2 Å². The standard InChI is InChI=1S/C24H33Cl2N4O12P/c1-7-38-43(34,39-8-2)24(11-35-6,12-36-13(3)31)37-10-17-18(40-14(4)32)19(41-15(5)33)22(42-17)30-21-16(9-27-30)20(25)28-23(26)29-21/h9,17-19,22H,7-8,10-12H2,1-6H3/t17-,18-,19-,22-,24?/m1/s1. The molecule has 240 valence electrons. The van der Waals surface area contributed by atoms with E-state index >= 15 is 0 Å². The lowest BCUT2D eigenvalue weighted by Gasteiger charge is -2.38. The first-order valence-electron chi connectivity index (χ1n) is 13.0. The van der Waals surface area contributed by atoms with E-state index in [-0.39, 0.29) is 29.3 Å². The molecule has 5 atom stereocenters. The highest BCUT2D eigenvalue weighted by Gasteiger charge is 2.57. The topological polar surface area (TPSA) is 186 Å². The van der Waals surface area contributed by atoms with Crippen LogP contribution in [0.15, 0.2) is 6.20 Å². The number of carbonyl (C=O) groups is 3. The van der Waals surface area contributed by atoms with Gasteiger partial charge in [-0.05, 0) is 25.4 Å². The molecule has 0 saturated carbocycles. The molecule has 19 heteroatoms. The van der Waals surface area contributed by atoms with Crippen LogP contribution in [0.2, 0.25) is 10.4 Å². The van der Waals surface area contributed by atoms with Gasteiger partial charge in [-0.15, -0.1) is 0 Å². The van der Waals surface area contributed by atoms with Crippen molar-refractivity contribution in [3.8, 4) is 0 Å². The zero-order chi connectivity index (χ0) is 31.9. The zero-order valence-corrected chi connectivity index (χ0v) is 26.7. The molecule has 3 rings (SSSR count). The van der Waals surface area contributed by atoms with Crippen molar-refractivity contribution in [2.24, 2.45) is 0 Å². The van der Waals surface area contributed by atoms with Crippen molar-refractivity contribution >= 4 is 59.7 Å². The maximum atomic E-state index is 14.1. The Labute approximate surface area is 257 Å². The number of hydrogen-bond acceptors (Lipinski definition) is 15. The fourth-order valence-electron chi connectivity index (χ4n) is 4.39. The molecule has 0 N–H and O–H groups in total. The third kappa shape index (κ3) is 8.00. The Bertz CT molecular complexity index is 1350.